The fourth-order valence-electron chi connectivity index (χ4n) is 7.33. The summed E-state index contributed by atoms with van der Waals surface area (Å²) in [6.45, 7) is 1.73. The molecule has 3 fully saturated rings. The molecule has 8 nitrogen and oxygen atoms in total. The minimum Gasteiger partial charge on any atom is -0.508 e. The van der Waals surface area contributed by atoms with Crippen molar-refractivity contribution in [3.05, 3.63) is 64.5 Å². The number of phenols is 1. The van der Waals surface area contributed by atoms with Crippen LogP contribution in [0.3, 0.4) is 0 Å². The molecule has 39 heavy (non-hydrogen) atoms. The van der Waals surface area contributed by atoms with Gasteiger partial charge in [-0.15, -0.1) is 0 Å². The number of fused-ring (bicyclic) bond motifs is 4. The number of methoxy groups -OCH3 is 1. The number of aromatic hydroxyl groups is 1. The average Bonchev–Trinajstić information content (AvgIpc) is 3.25. The van der Waals surface area contributed by atoms with Gasteiger partial charge in [0.15, 0.2) is 0 Å². The molecule has 10 heteroatoms. The second kappa shape index (κ2) is 8.64. The van der Waals surface area contributed by atoms with Crippen LogP contribution < -0.4 is 9.64 Å². The third-order valence-electron chi connectivity index (χ3n) is 9.18. The van der Waals surface area contributed by atoms with Gasteiger partial charge >= 0.3 is 0 Å². The zero-order valence-electron chi connectivity index (χ0n) is 21.5. The number of hydrogen-bond acceptors (Lipinski definition) is 6. The zero-order chi connectivity index (χ0) is 28.0. The Morgan fingerprint density at radius 3 is 2.49 bits per heavy atom. The van der Waals surface area contributed by atoms with E-state index < -0.39 is 52.6 Å². The Hall–Kier alpha value is -3.72. The van der Waals surface area contributed by atoms with E-state index in [1.807, 2.05) is 6.08 Å². The number of halogens is 2. The van der Waals surface area contributed by atoms with E-state index in [9.17, 15) is 28.7 Å². The Balaban J connectivity index is 1.56. The van der Waals surface area contributed by atoms with Crippen LogP contribution in [-0.2, 0) is 19.2 Å². The van der Waals surface area contributed by atoms with Crippen LogP contribution >= 0.6 is 11.6 Å². The first-order chi connectivity index (χ1) is 18.5. The van der Waals surface area contributed by atoms with Gasteiger partial charge < -0.3 is 9.84 Å². The van der Waals surface area contributed by atoms with Gasteiger partial charge in [-0.3, -0.25) is 24.1 Å². The number of amides is 4. The second-order valence-electron chi connectivity index (χ2n) is 10.9. The van der Waals surface area contributed by atoms with Crippen molar-refractivity contribution < 1.29 is 33.4 Å². The van der Waals surface area contributed by atoms with Gasteiger partial charge in [-0.1, -0.05) is 29.3 Å². The van der Waals surface area contributed by atoms with Gasteiger partial charge in [0.25, 0.3) is 0 Å². The van der Waals surface area contributed by atoms with E-state index in [4.69, 9.17) is 16.3 Å². The maximum Gasteiger partial charge on any atom is 0.241 e. The van der Waals surface area contributed by atoms with Crippen LogP contribution in [-0.4, -0.2) is 47.8 Å². The van der Waals surface area contributed by atoms with E-state index in [2.05, 4.69) is 0 Å². The lowest BCUT2D eigenvalue weighted by Gasteiger charge is -2.49. The van der Waals surface area contributed by atoms with Crippen LogP contribution in [0.2, 0.25) is 5.02 Å². The number of rotatable bonds is 3. The smallest absolute Gasteiger partial charge is 0.241 e. The maximum absolute atomic E-state index is 14.3. The molecule has 0 unspecified atom stereocenters. The normalized spacial score (nSPS) is 31.7. The third kappa shape index (κ3) is 3.35. The Kier molecular flexibility index (Phi) is 5.66. The molecule has 4 aliphatic rings. The molecular formula is C29H26ClFN2O6. The van der Waals surface area contributed by atoms with Crippen molar-refractivity contribution in [2.24, 2.45) is 29.1 Å². The molecule has 2 aliphatic heterocycles. The number of nitrogens with zero attached hydrogens (tertiary/aromatic N) is 2. The Morgan fingerprint density at radius 2 is 1.79 bits per heavy atom. The standard InChI is InChI=1S/C29H26ClFN2O6/c1-29-19(26(36)33(28(29)38)13-4-9-21(31)20(30)10-13)12-18-15(7-8-17-23(18)27(37)32(2)25(17)35)24(29)16-6-5-14(34)11-22(16)39-3/h4-7,9-11,17-19,23-24,34H,8,12H2,1-3H3/t17-,18+,19-,23-,24+,29+/m0/s1. The molecule has 1 saturated carbocycles. The predicted molar refractivity (Wildman–Crippen MR) is 138 cm³/mol. The minimum atomic E-state index is -1.30. The number of ether oxygens (including phenoxy) is 1. The van der Waals surface area contributed by atoms with Crippen LogP contribution in [0.25, 0.3) is 0 Å². The molecule has 2 aromatic rings. The van der Waals surface area contributed by atoms with Gasteiger partial charge in [-0.2, -0.15) is 0 Å². The minimum absolute atomic E-state index is 0.0306. The summed E-state index contributed by atoms with van der Waals surface area (Å²) in [4.78, 5) is 56.7. The molecule has 2 saturated heterocycles. The highest BCUT2D eigenvalue weighted by atomic mass is 35.5. The monoisotopic (exact) mass is 552 g/mol. The lowest BCUT2D eigenvalue weighted by atomic mass is 9.51. The van der Waals surface area contributed by atoms with Gasteiger partial charge in [0.1, 0.15) is 17.3 Å². The van der Waals surface area contributed by atoms with E-state index in [1.54, 1.807) is 13.0 Å². The number of allylic oxidation sites excluding steroid dienone is 2. The van der Waals surface area contributed by atoms with E-state index in [-0.39, 0.29) is 34.7 Å². The Labute approximate surface area is 229 Å². The van der Waals surface area contributed by atoms with E-state index in [1.165, 1.54) is 38.4 Å². The number of likely N-dealkylation sites (tertiary alicyclic amines) is 1. The van der Waals surface area contributed by atoms with Crippen LogP contribution in [0.4, 0.5) is 10.1 Å². The van der Waals surface area contributed by atoms with Crippen molar-refractivity contribution in [1.29, 1.82) is 0 Å². The Morgan fingerprint density at radius 1 is 1.05 bits per heavy atom. The molecule has 0 spiro atoms. The molecule has 4 amide bonds. The summed E-state index contributed by atoms with van der Waals surface area (Å²) in [6, 6.07) is 8.29. The molecule has 1 N–H and O–H groups in total. The summed E-state index contributed by atoms with van der Waals surface area (Å²) < 4.78 is 19.6. The average molecular weight is 553 g/mol. The number of imide groups is 2. The first kappa shape index (κ1) is 25.6. The first-order valence-electron chi connectivity index (χ1n) is 12.7. The zero-order valence-corrected chi connectivity index (χ0v) is 22.2. The molecule has 2 aromatic carbocycles. The van der Waals surface area contributed by atoms with Crippen molar-refractivity contribution in [2.75, 3.05) is 19.1 Å². The molecule has 2 heterocycles. The van der Waals surface area contributed by atoms with Crippen LogP contribution in [0, 0.1) is 34.9 Å². The molecule has 6 rings (SSSR count). The lowest BCUT2D eigenvalue weighted by Crippen LogP contribution is -2.48. The van der Waals surface area contributed by atoms with Gasteiger partial charge in [-0.05, 0) is 49.9 Å². The summed E-state index contributed by atoms with van der Waals surface area (Å²) in [7, 11) is 2.92. The molecule has 0 aromatic heterocycles. The van der Waals surface area contributed by atoms with Crippen molar-refractivity contribution in [1.82, 2.24) is 4.90 Å². The summed E-state index contributed by atoms with van der Waals surface area (Å²) in [5, 5.41) is 9.93. The number of hydrogen-bond donors (Lipinski definition) is 1. The highest BCUT2D eigenvalue weighted by Crippen LogP contribution is 2.64. The Bertz CT molecular complexity index is 1510. The summed E-state index contributed by atoms with van der Waals surface area (Å²) >= 11 is 6.01. The fraction of sp³-hybridized carbons (Fsp3) is 0.379. The number of benzene rings is 2. The number of phenolic OH excluding ortho intramolecular Hbond substituents is 1. The van der Waals surface area contributed by atoms with Gasteiger partial charge in [-0.25, -0.2) is 9.29 Å². The van der Waals surface area contributed by atoms with E-state index in [0.717, 1.165) is 21.4 Å². The first-order valence-corrected chi connectivity index (χ1v) is 13.1. The van der Waals surface area contributed by atoms with E-state index in [0.29, 0.717) is 17.7 Å². The largest absolute Gasteiger partial charge is 0.508 e. The summed E-state index contributed by atoms with van der Waals surface area (Å²) in [5.74, 6) is -5.02. The van der Waals surface area contributed by atoms with E-state index >= 15 is 0 Å². The fourth-order valence-corrected chi connectivity index (χ4v) is 7.50. The topological polar surface area (TPSA) is 104 Å². The predicted octanol–water partition coefficient (Wildman–Crippen LogP) is 4.05. The SMILES string of the molecule is COc1cc(O)ccc1[C@H]1C2=CC[C@@H]3C(=O)N(C)C(=O)[C@@H]3[C@@H]2C[C@H]2C(=O)N(c3ccc(F)c(Cl)c3)C(=O)[C@@]12C. The molecule has 202 valence electrons. The van der Waals surface area contributed by atoms with Crippen molar-refractivity contribution in [3.8, 4) is 11.5 Å². The highest BCUT2D eigenvalue weighted by Gasteiger charge is 2.67. The van der Waals surface area contributed by atoms with Crippen molar-refractivity contribution in [2.45, 2.75) is 25.7 Å². The molecule has 0 bridgehead atoms. The lowest BCUT2D eigenvalue weighted by molar-refractivity contribution is -0.138. The molecule has 2 aliphatic carbocycles. The van der Waals surface area contributed by atoms with Gasteiger partial charge in [0.05, 0.1) is 41.0 Å². The number of carbonyl (C=O) groups is 4. The summed E-state index contributed by atoms with van der Waals surface area (Å²) in [6.07, 6.45) is 2.47. The van der Waals surface area contributed by atoms with Crippen LogP contribution in [0.1, 0.15) is 31.2 Å². The van der Waals surface area contributed by atoms with Crippen molar-refractivity contribution >= 4 is 40.9 Å². The van der Waals surface area contributed by atoms with Crippen LogP contribution in [0.15, 0.2) is 48.0 Å². The third-order valence-corrected chi connectivity index (χ3v) is 9.47. The van der Waals surface area contributed by atoms with Crippen LogP contribution in [0.5, 0.6) is 11.5 Å². The quantitative estimate of drug-likeness (QED) is 0.455. The number of anilines is 1. The molecule has 0 radical (unpaired) electrons. The number of carbonyl (C=O) groups excluding carboxylic acids is 4. The summed E-state index contributed by atoms with van der Waals surface area (Å²) in [5.41, 5.74) is 0.248. The molecule has 6 atom stereocenters. The highest BCUT2D eigenvalue weighted by molar-refractivity contribution is 6.31. The molecular weight excluding hydrogens is 527 g/mol. The second-order valence-corrected chi connectivity index (χ2v) is 11.3. The maximum atomic E-state index is 14.3. The van der Waals surface area contributed by atoms with Crippen molar-refractivity contribution in [3.63, 3.8) is 0 Å². The van der Waals surface area contributed by atoms with Gasteiger partial charge in [0, 0.05) is 24.6 Å². The van der Waals surface area contributed by atoms with Gasteiger partial charge in [0.2, 0.25) is 23.6 Å².